The van der Waals surface area contributed by atoms with Crippen molar-refractivity contribution in [3.8, 4) is 0 Å². The number of rotatable bonds is 11. The van der Waals surface area contributed by atoms with Gasteiger partial charge in [0.05, 0.1) is 6.61 Å². The van der Waals surface area contributed by atoms with Crippen LogP contribution in [0.2, 0.25) is 0 Å². The molecule has 0 aromatic rings. The van der Waals surface area contributed by atoms with Crippen LogP contribution in [0.3, 0.4) is 0 Å². The van der Waals surface area contributed by atoms with Gasteiger partial charge in [-0.1, -0.05) is 6.92 Å². The monoisotopic (exact) mass is 272 g/mol. The van der Waals surface area contributed by atoms with Gasteiger partial charge in [-0.3, -0.25) is 0 Å². The number of ether oxygens (including phenoxy) is 2. The summed E-state index contributed by atoms with van der Waals surface area (Å²) >= 11 is 0. The van der Waals surface area contributed by atoms with Crippen molar-refractivity contribution in [1.82, 2.24) is 10.2 Å². The molecular weight excluding hydrogens is 240 g/mol. The van der Waals surface area contributed by atoms with E-state index in [2.05, 4.69) is 17.1 Å². The minimum absolute atomic E-state index is 0.802. The van der Waals surface area contributed by atoms with Gasteiger partial charge in [-0.25, -0.2) is 0 Å². The van der Waals surface area contributed by atoms with Crippen LogP contribution in [0.15, 0.2) is 0 Å². The molecule has 0 aliphatic carbocycles. The molecule has 0 saturated carbocycles. The third-order valence-electron chi connectivity index (χ3n) is 3.76. The van der Waals surface area contributed by atoms with Crippen LogP contribution in [0.4, 0.5) is 0 Å². The van der Waals surface area contributed by atoms with Crippen molar-refractivity contribution in [3.05, 3.63) is 0 Å². The number of piperidine rings is 1. The Balaban J connectivity index is 1.92. The predicted octanol–water partition coefficient (Wildman–Crippen LogP) is 1.75. The maximum atomic E-state index is 5.61. The minimum atomic E-state index is 0.802. The van der Waals surface area contributed by atoms with Crippen LogP contribution < -0.4 is 5.32 Å². The molecule has 1 heterocycles. The fourth-order valence-electron chi connectivity index (χ4n) is 2.50. The Labute approximate surface area is 118 Å². The van der Waals surface area contributed by atoms with Gasteiger partial charge in [0.1, 0.15) is 0 Å². The van der Waals surface area contributed by atoms with Gasteiger partial charge in [0.15, 0.2) is 0 Å². The summed E-state index contributed by atoms with van der Waals surface area (Å²) in [5.74, 6) is 0.880. The molecule has 0 amide bonds. The normalized spacial score (nSPS) is 18.0. The Bertz CT molecular complexity index is 192. The van der Waals surface area contributed by atoms with Gasteiger partial charge in [-0.2, -0.15) is 0 Å². The SMILES string of the molecule is CCCNCC1CCN(CCOCCCOC)CC1. The summed E-state index contributed by atoms with van der Waals surface area (Å²) in [6.45, 7) is 10.6. The summed E-state index contributed by atoms with van der Waals surface area (Å²) in [5, 5.41) is 3.54. The molecule has 0 bridgehead atoms. The molecule has 1 N–H and O–H groups in total. The molecule has 1 aliphatic rings. The van der Waals surface area contributed by atoms with Crippen molar-refractivity contribution < 1.29 is 9.47 Å². The topological polar surface area (TPSA) is 33.7 Å². The third-order valence-corrected chi connectivity index (χ3v) is 3.76. The molecule has 4 nitrogen and oxygen atoms in total. The van der Waals surface area contributed by atoms with E-state index in [0.29, 0.717) is 0 Å². The second kappa shape index (κ2) is 11.6. The lowest BCUT2D eigenvalue weighted by molar-refractivity contribution is 0.0738. The van der Waals surface area contributed by atoms with Gasteiger partial charge in [0, 0.05) is 26.9 Å². The lowest BCUT2D eigenvalue weighted by atomic mass is 9.97. The highest BCUT2D eigenvalue weighted by atomic mass is 16.5. The van der Waals surface area contributed by atoms with Crippen LogP contribution >= 0.6 is 0 Å². The van der Waals surface area contributed by atoms with E-state index >= 15 is 0 Å². The highest BCUT2D eigenvalue weighted by Gasteiger charge is 2.18. The Kier molecular flexibility index (Phi) is 10.4. The Morgan fingerprint density at radius 1 is 1.16 bits per heavy atom. The summed E-state index contributed by atoms with van der Waals surface area (Å²) < 4.78 is 10.6. The van der Waals surface area contributed by atoms with Gasteiger partial charge >= 0.3 is 0 Å². The average molecular weight is 272 g/mol. The summed E-state index contributed by atoms with van der Waals surface area (Å²) in [6, 6.07) is 0. The number of nitrogens with one attached hydrogen (secondary N) is 1. The van der Waals surface area contributed by atoms with Crippen molar-refractivity contribution in [3.63, 3.8) is 0 Å². The first kappa shape index (κ1) is 16.9. The molecule has 0 unspecified atom stereocenters. The summed E-state index contributed by atoms with van der Waals surface area (Å²) in [5.41, 5.74) is 0. The molecule has 4 heteroatoms. The zero-order valence-corrected chi connectivity index (χ0v) is 12.8. The second-order valence-electron chi connectivity index (χ2n) is 5.45. The lowest BCUT2D eigenvalue weighted by Gasteiger charge is -2.31. The molecule has 1 saturated heterocycles. The number of hydrogen-bond donors (Lipinski definition) is 1. The van der Waals surface area contributed by atoms with Crippen LogP contribution in [0, 0.1) is 5.92 Å². The summed E-state index contributed by atoms with van der Waals surface area (Å²) in [4.78, 5) is 2.53. The lowest BCUT2D eigenvalue weighted by Crippen LogP contribution is -2.39. The van der Waals surface area contributed by atoms with E-state index < -0.39 is 0 Å². The van der Waals surface area contributed by atoms with Crippen LogP contribution in [0.1, 0.15) is 32.6 Å². The molecule has 1 aliphatic heterocycles. The van der Waals surface area contributed by atoms with Crippen molar-refractivity contribution >= 4 is 0 Å². The van der Waals surface area contributed by atoms with Crippen LogP contribution in [0.25, 0.3) is 0 Å². The number of nitrogens with zero attached hydrogens (tertiary/aromatic N) is 1. The van der Waals surface area contributed by atoms with E-state index in [1.165, 1.54) is 38.9 Å². The summed E-state index contributed by atoms with van der Waals surface area (Å²) in [7, 11) is 1.74. The summed E-state index contributed by atoms with van der Waals surface area (Å²) in [6.07, 6.45) is 4.90. The van der Waals surface area contributed by atoms with E-state index in [4.69, 9.17) is 9.47 Å². The van der Waals surface area contributed by atoms with Crippen molar-refractivity contribution in [2.75, 3.05) is 59.7 Å². The smallest absolute Gasteiger partial charge is 0.0593 e. The molecule has 0 aromatic carbocycles. The van der Waals surface area contributed by atoms with Crippen LogP contribution in [-0.2, 0) is 9.47 Å². The standard InChI is InChI=1S/C15H32N2O2/c1-3-7-16-14-15-5-8-17(9-6-15)10-13-19-12-4-11-18-2/h15-16H,3-14H2,1-2H3. The first-order chi connectivity index (χ1) is 9.36. The van der Waals surface area contributed by atoms with E-state index in [-0.39, 0.29) is 0 Å². The second-order valence-corrected chi connectivity index (χ2v) is 5.45. The molecule has 19 heavy (non-hydrogen) atoms. The van der Waals surface area contributed by atoms with Crippen molar-refractivity contribution in [2.24, 2.45) is 5.92 Å². The number of methoxy groups -OCH3 is 1. The molecular formula is C15H32N2O2. The molecule has 1 fully saturated rings. The zero-order valence-electron chi connectivity index (χ0n) is 12.8. The Hall–Kier alpha value is -0.160. The van der Waals surface area contributed by atoms with Crippen LogP contribution in [0.5, 0.6) is 0 Å². The Morgan fingerprint density at radius 2 is 1.95 bits per heavy atom. The number of hydrogen-bond acceptors (Lipinski definition) is 4. The first-order valence-electron chi connectivity index (χ1n) is 7.86. The maximum Gasteiger partial charge on any atom is 0.0593 e. The molecule has 0 spiro atoms. The Morgan fingerprint density at radius 3 is 2.63 bits per heavy atom. The van der Waals surface area contributed by atoms with Crippen molar-refractivity contribution in [2.45, 2.75) is 32.6 Å². The molecule has 1 rings (SSSR count). The maximum absolute atomic E-state index is 5.61. The predicted molar refractivity (Wildman–Crippen MR) is 79.6 cm³/mol. The van der Waals surface area contributed by atoms with Gasteiger partial charge in [0.2, 0.25) is 0 Å². The van der Waals surface area contributed by atoms with Gasteiger partial charge in [0.25, 0.3) is 0 Å². The molecule has 114 valence electrons. The largest absolute Gasteiger partial charge is 0.385 e. The van der Waals surface area contributed by atoms with E-state index in [1.54, 1.807) is 7.11 Å². The van der Waals surface area contributed by atoms with Crippen molar-refractivity contribution in [1.29, 1.82) is 0 Å². The van der Waals surface area contributed by atoms with Gasteiger partial charge in [-0.15, -0.1) is 0 Å². The van der Waals surface area contributed by atoms with E-state index in [9.17, 15) is 0 Å². The minimum Gasteiger partial charge on any atom is -0.385 e. The highest BCUT2D eigenvalue weighted by molar-refractivity contribution is 4.73. The zero-order chi connectivity index (χ0) is 13.8. The first-order valence-corrected chi connectivity index (χ1v) is 7.86. The van der Waals surface area contributed by atoms with Gasteiger partial charge in [-0.05, 0) is 57.8 Å². The van der Waals surface area contributed by atoms with Crippen LogP contribution in [-0.4, -0.2) is 64.6 Å². The fraction of sp³-hybridized carbons (Fsp3) is 1.00. The highest BCUT2D eigenvalue weighted by Crippen LogP contribution is 2.15. The average Bonchev–Trinajstić information content (AvgIpc) is 2.44. The fourth-order valence-corrected chi connectivity index (χ4v) is 2.50. The quantitative estimate of drug-likeness (QED) is 0.581. The van der Waals surface area contributed by atoms with E-state index in [1.807, 2.05) is 0 Å². The van der Waals surface area contributed by atoms with Gasteiger partial charge < -0.3 is 19.7 Å². The molecule has 0 aromatic heterocycles. The number of likely N-dealkylation sites (tertiary alicyclic amines) is 1. The third kappa shape index (κ3) is 8.58. The molecule has 0 radical (unpaired) electrons. The molecule has 0 atom stereocenters. The van der Waals surface area contributed by atoms with E-state index in [0.717, 1.165) is 45.2 Å².